The van der Waals surface area contributed by atoms with Crippen molar-refractivity contribution in [2.75, 3.05) is 12.3 Å². The Kier molecular flexibility index (Phi) is 24.6. The van der Waals surface area contributed by atoms with Crippen LogP contribution in [-0.2, 0) is 46.2 Å². The van der Waals surface area contributed by atoms with Gasteiger partial charge in [0.15, 0.2) is 12.2 Å². The maximum Gasteiger partial charge on any atom is 0.337 e. The number of hydrogen-bond donors (Lipinski definition) is 5. The van der Waals surface area contributed by atoms with Crippen LogP contribution in [0.4, 0.5) is 0 Å². The highest BCUT2D eigenvalue weighted by atomic mass is 79.9. The number of carbonyl (C=O) groups is 4. The fraction of sp³-hybridized carbons (Fsp3) is 0.364. The molecule has 4 rings (SSSR count). The summed E-state index contributed by atoms with van der Waals surface area (Å²) in [5.41, 5.74) is 6.47. The Bertz CT molecular complexity index is 1950. The smallest absolute Gasteiger partial charge is 0.337 e. The molecule has 4 aromatic carbocycles. The minimum atomic E-state index is -1.41. The minimum Gasteiger partial charge on any atom is -0.479 e. The van der Waals surface area contributed by atoms with Crippen LogP contribution in [0.2, 0.25) is 36.3 Å². The molecular formula is C44H53B2BrCl2O12. The lowest BCUT2D eigenvalue weighted by atomic mass is 9.62. The first-order chi connectivity index (χ1) is 28.9. The lowest BCUT2D eigenvalue weighted by molar-refractivity contribution is -0.172. The minimum absolute atomic E-state index is 0.108. The molecule has 0 heterocycles. The first kappa shape index (κ1) is 52.9. The molecule has 4 atom stereocenters. The molecule has 0 unspecified atom stereocenters. The van der Waals surface area contributed by atoms with E-state index in [9.17, 15) is 39.4 Å². The van der Waals surface area contributed by atoms with Crippen LogP contribution in [0.1, 0.15) is 37.8 Å². The molecule has 0 saturated carbocycles. The monoisotopic (exact) mass is 944 g/mol. The van der Waals surface area contributed by atoms with Gasteiger partial charge in [-0.15, -0.1) is 0 Å². The quantitative estimate of drug-likeness (QED) is 0.0263. The predicted molar refractivity (Wildman–Crippen MR) is 243 cm³/mol. The normalized spacial score (nSPS) is 12.4. The number of aliphatic hydroxyl groups is 2. The number of hydrogen-bond acceptors (Lipinski definition) is 11. The van der Waals surface area contributed by atoms with Crippen molar-refractivity contribution in [1.82, 2.24) is 0 Å². The van der Waals surface area contributed by atoms with Gasteiger partial charge in [0.05, 0.1) is 0 Å². The Morgan fingerprint density at radius 3 is 1.36 bits per heavy atom. The van der Waals surface area contributed by atoms with Crippen LogP contribution in [0.15, 0.2) is 97.1 Å². The number of benzene rings is 4. The molecule has 328 valence electrons. The Morgan fingerprint density at radius 2 is 1.03 bits per heavy atom. The zero-order valence-electron chi connectivity index (χ0n) is 34.6. The largest absolute Gasteiger partial charge is 0.479 e. The van der Waals surface area contributed by atoms with Crippen LogP contribution in [0.25, 0.3) is 22.3 Å². The lowest BCUT2D eigenvalue weighted by Crippen LogP contribution is -2.29. The number of esters is 3. The van der Waals surface area contributed by atoms with Gasteiger partial charge in [-0.2, -0.15) is 0 Å². The zero-order valence-corrected chi connectivity index (χ0v) is 37.7. The number of ether oxygens (including phenoxy) is 3. The molecule has 0 saturated heterocycles. The van der Waals surface area contributed by atoms with Crippen molar-refractivity contribution in [2.45, 2.75) is 78.0 Å². The van der Waals surface area contributed by atoms with Gasteiger partial charge in [-0.05, 0) is 124 Å². The second-order valence-corrected chi connectivity index (χ2v) is 15.9. The van der Waals surface area contributed by atoms with Gasteiger partial charge in [-0.3, -0.25) is 9.59 Å². The van der Waals surface area contributed by atoms with E-state index >= 15 is 0 Å². The SMILES string of the molecule is CB(O)C[C@H](Cc1ccc(-c2cccc(Cl)c2)cc1)C[C@@H](O)C(=O)O.CB(O)C[C@H](Cc1ccc(-c2cccc(Cl)c2)cc1)C[C@@H](O)C(=O)OCOC(C)=O.CC(=O)OCBr. The summed E-state index contributed by atoms with van der Waals surface area (Å²) in [6.07, 6.45) is -0.481. The van der Waals surface area contributed by atoms with Crippen LogP contribution in [0, 0.1) is 11.8 Å². The third-order valence-electron chi connectivity index (χ3n) is 9.01. The molecule has 0 spiro atoms. The second-order valence-electron chi connectivity index (χ2n) is 14.5. The summed E-state index contributed by atoms with van der Waals surface area (Å²) in [4.78, 5) is 43.3. The number of aliphatic hydroxyl groups excluding tert-OH is 2. The molecule has 17 heteroatoms. The molecule has 61 heavy (non-hydrogen) atoms. The van der Waals surface area contributed by atoms with Gasteiger partial charge >= 0.3 is 23.9 Å². The number of halogens is 3. The van der Waals surface area contributed by atoms with E-state index in [0.717, 1.165) is 33.4 Å². The Balaban J connectivity index is 0.000000375. The van der Waals surface area contributed by atoms with Gasteiger partial charge in [0.2, 0.25) is 6.79 Å². The van der Waals surface area contributed by atoms with Crippen molar-refractivity contribution in [3.05, 3.63) is 118 Å². The average Bonchev–Trinajstić information content (AvgIpc) is 3.18. The number of carboxylic acid groups (broad SMARTS) is 1. The predicted octanol–water partition coefficient (Wildman–Crippen LogP) is 8.11. The van der Waals surface area contributed by atoms with E-state index in [1.165, 1.54) is 13.8 Å². The molecule has 12 nitrogen and oxygen atoms in total. The highest BCUT2D eigenvalue weighted by Crippen LogP contribution is 2.27. The first-order valence-corrected chi connectivity index (χ1v) is 21.4. The maximum absolute atomic E-state index is 11.9. The van der Waals surface area contributed by atoms with Crippen LogP contribution >= 0.6 is 39.1 Å². The van der Waals surface area contributed by atoms with Crippen molar-refractivity contribution in [3.8, 4) is 22.3 Å². The molecule has 0 aromatic heterocycles. The van der Waals surface area contributed by atoms with E-state index in [0.29, 0.717) is 41.0 Å². The molecule has 0 aliphatic heterocycles. The number of carbonyl (C=O) groups excluding carboxylic acids is 3. The molecule has 5 N–H and O–H groups in total. The molecule has 0 radical (unpaired) electrons. The van der Waals surface area contributed by atoms with Gasteiger partial charge in [-0.1, -0.05) is 110 Å². The summed E-state index contributed by atoms with van der Waals surface area (Å²) in [5.74, 6) is -3.17. The molecule has 0 bridgehead atoms. The third kappa shape index (κ3) is 22.5. The van der Waals surface area contributed by atoms with Crippen LogP contribution < -0.4 is 0 Å². The standard InChI is InChI=1S/C22H26BClO6.C19H22BClO4.C3H5BrO2/c1-15(25)29-14-30-22(27)21(26)11-17(13-23(2)28)10-16-6-8-18(9-7-16)19-4-3-5-20(24)12-19;1-20(25)12-14(10-18(22)19(23)24)9-13-5-7-15(8-6-13)16-3-2-4-17(21)11-16;1-3(5)6-2-4/h3-9,12,17,21,26,28H,10-11,13-14H2,1-2H3;2-8,11,14,18,22,25H,9-10,12H2,1H3,(H,23,24);2H2,1H3/t17-,21-;14-,18-;/m11./s1. The lowest BCUT2D eigenvalue weighted by Gasteiger charge is -2.20. The van der Waals surface area contributed by atoms with E-state index in [1.54, 1.807) is 13.6 Å². The van der Waals surface area contributed by atoms with Crippen molar-refractivity contribution in [2.24, 2.45) is 11.8 Å². The summed E-state index contributed by atoms with van der Waals surface area (Å²) in [6.45, 7) is 4.24. The maximum atomic E-state index is 11.9. The van der Waals surface area contributed by atoms with Gasteiger partial charge < -0.3 is 39.6 Å². The topological polar surface area (TPSA) is 197 Å². The Hall–Kier alpha value is -4.21. The van der Waals surface area contributed by atoms with E-state index < -0.39 is 50.7 Å². The molecule has 0 amide bonds. The van der Waals surface area contributed by atoms with Crippen molar-refractivity contribution < 1.29 is 58.8 Å². The fourth-order valence-corrected chi connectivity index (χ4v) is 7.03. The van der Waals surface area contributed by atoms with Crippen LogP contribution in [0.5, 0.6) is 0 Å². The van der Waals surface area contributed by atoms with Gasteiger partial charge in [0, 0.05) is 23.9 Å². The summed E-state index contributed by atoms with van der Waals surface area (Å²) >= 11 is 15.0. The number of alkyl halides is 1. The fourth-order valence-electron chi connectivity index (χ4n) is 6.33. The highest BCUT2D eigenvalue weighted by Gasteiger charge is 2.25. The molecule has 0 aliphatic carbocycles. The number of carboxylic acids is 1. The van der Waals surface area contributed by atoms with Crippen molar-refractivity contribution in [3.63, 3.8) is 0 Å². The number of aliphatic carboxylic acids is 1. The van der Waals surface area contributed by atoms with E-state index in [4.69, 9.17) is 33.0 Å². The van der Waals surface area contributed by atoms with Gasteiger partial charge in [0.1, 0.15) is 5.52 Å². The zero-order chi connectivity index (χ0) is 45.5. The highest BCUT2D eigenvalue weighted by molar-refractivity contribution is 9.09. The summed E-state index contributed by atoms with van der Waals surface area (Å²) < 4.78 is 13.6. The van der Waals surface area contributed by atoms with Crippen molar-refractivity contribution >= 4 is 76.8 Å². The molecule has 4 aromatic rings. The average molecular weight is 946 g/mol. The van der Waals surface area contributed by atoms with Gasteiger partial charge in [0.25, 0.3) is 13.8 Å². The summed E-state index contributed by atoms with van der Waals surface area (Å²) in [7, 11) is 0. The Labute approximate surface area is 376 Å². The van der Waals surface area contributed by atoms with Gasteiger partial charge in [-0.25, -0.2) is 9.59 Å². The number of rotatable bonds is 19. The summed E-state index contributed by atoms with van der Waals surface area (Å²) in [6, 6.07) is 31.1. The second kappa shape index (κ2) is 28.4. The van der Waals surface area contributed by atoms with E-state index in [2.05, 4.69) is 25.4 Å². The van der Waals surface area contributed by atoms with E-state index in [1.807, 2.05) is 97.1 Å². The van der Waals surface area contributed by atoms with Crippen molar-refractivity contribution in [1.29, 1.82) is 0 Å². The van der Waals surface area contributed by atoms with Crippen LogP contribution in [-0.4, -0.2) is 87.6 Å². The molecular weight excluding hydrogens is 893 g/mol. The third-order valence-corrected chi connectivity index (χ3v) is 9.71. The summed E-state index contributed by atoms with van der Waals surface area (Å²) in [5, 5.41) is 49.4. The van der Waals surface area contributed by atoms with E-state index in [-0.39, 0.29) is 30.6 Å². The Morgan fingerprint density at radius 1 is 0.623 bits per heavy atom. The molecule has 0 fully saturated rings. The molecule has 0 aliphatic rings. The van der Waals surface area contributed by atoms with Crippen LogP contribution in [0.3, 0.4) is 0 Å². The first-order valence-electron chi connectivity index (χ1n) is 19.5.